The molecule has 0 saturated carbocycles. The summed E-state index contributed by atoms with van der Waals surface area (Å²) in [6.45, 7) is 2.78. The Morgan fingerprint density at radius 2 is 1.94 bits per heavy atom. The van der Waals surface area contributed by atoms with Crippen LogP contribution < -0.4 is 4.90 Å². The first-order chi connectivity index (χ1) is 8.69. The summed E-state index contributed by atoms with van der Waals surface area (Å²) in [5, 5.41) is 0.485. The van der Waals surface area contributed by atoms with E-state index in [4.69, 9.17) is 11.6 Å². The first kappa shape index (κ1) is 12.8. The maximum atomic E-state index is 5.99. The second-order valence-corrected chi connectivity index (χ2v) is 4.42. The van der Waals surface area contributed by atoms with Gasteiger partial charge in [-0.05, 0) is 17.7 Å². The molecule has 2 aromatic heterocycles. The quantitative estimate of drug-likeness (QED) is 0.795. The average Bonchev–Trinajstić information content (AvgIpc) is 2.39. The molecule has 2 aromatic rings. The molecule has 0 saturated heterocycles. The first-order valence-electron chi connectivity index (χ1n) is 5.82. The lowest BCUT2D eigenvalue weighted by molar-refractivity contribution is 0.857. The largest absolute Gasteiger partial charge is 0.355 e. The molecule has 18 heavy (non-hydrogen) atoms. The molecule has 2 rings (SSSR count). The zero-order valence-corrected chi connectivity index (χ0v) is 11.2. The van der Waals surface area contributed by atoms with Gasteiger partial charge in [0.25, 0.3) is 0 Å². The summed E-state index contributed by atoms with van der Waals surface area (Å²) < 4.78 is 0. The third-order valence-corrected chi connectivity index (χ3v) is 2.80. The van der Waals surface area contributed by atoms with Gasteiger partial charge in [0.1, 0.15) is 16.8 Å². The Bertz CT molecular complexity index is 516. The van der Waals surface area contributed by atoms with Gasteiger partial charge in [-0.3, -0.25) is 4.98 Å². The third-order valence-electron chi connectivity index (χ3n) is 2.60. The van der Waals surface area contributed by atoms with E-state index in [2.05, 4.69) is 15.0 Å². The van der Waals surface area contributed by atoms with Crippen molar-refractivity contribution in [1.29, 1.82) is 0 Å². The van der Waals surface area contributed by atoms with Crippen LogP contribution in [0.4, 0.5) is 5.82 Å². The predicted octanol–water partition coefficient (Wildman–Crippen LogP) is 2.72. The Morgan fingerprint density at radius 1 is 1.22 bits per heavy atom. The number of anilines is 1. The SMILES string of the molecule is CCc1nc(Cl)cc(N(C)Cc2ccncc2)n1. The minimum absolute atomic E-state index is 0.485. The molecule has 0 aromatic carbocycles. The second kappa shape index (κ2) is 5.78. The molecule has 0 aliphatic carbocycles. The topological polar surface area (TPSA) is 41.9 Å². The molecule has 0 N–H and O–H groups in total. The molecular weight excluding hydrogens is 248 g/mol. The Hall–Kier alpha value is -1.68. The van der Waals surface area contributed by atoms with Crippen LogP contribution in [0, 0.1) is 0 Å². The van der Waals surface area contributed by atoms with E-state index < -0.39 is 0 Å². The van der Waals surface area contributed by atoms with Crippen molar-refractivity contribution in [3.05, 3.63) is 47.1 Å². The number of aryl methyl sites for hydroxylation is 1. The minimum atomic E-state index is 0.485. The maximum Gasteiger partial charge on any atom is 0.134 e. The van der Waals surface area contributed by atoms with Crippen LogP contribution in [0.25, 0.3) is 0 Å². The molecule has 2 heterocycles. The molecule has 5 heteroatoms. The summed E-state index contributed by atoms with van der Waals surface area (Å²) in [4.78, 5) is 14.7. The zero-order valence-electron chi connectivity index (χ0n) is 10.5. The van der Waals surface area contributed by atoms with Crippen LogP contribution in [-0.4, -0.2) is 22.0 Å². The van der Waals surface area contributed by atoms with Gasteiger partial charge in [-0.1, -0.05) is 18.5 Å². The summed E-state index contributed by atoms with van der Waals surface area (Å²) in [5.41, 5.74) is 1.18. The molecule has 0 aliphatic heterocycles. The number of hydrogen-bond acceptors (Lipinski definition) is 4. The molecule has 0 spiro atoms. The number of aromatic nitrogens is 3. The lowest BCUT2D eigenvalue weighted by atomic mass is 10.2. The van der Waals surface area contributed by atoms with Gasteiger partial charge in [0, 0.05) is 38.5 Å². The molecule has 4 nitrogen and oxygen atoms in total. The van der Waals surface area contributed by atoms with E-state index in [0.29, 0.717) is 5.15 Å². The molecule has 0 bridgehead atoms. The van der Waals surface area contributed by atoms with Crippen molar-refractivity contribution in [2.75, 3.05) is 11.9 Å². The fourth-order valence-corrected chi connectivity index (χ4v) is 1.84. The van der Waals surface area contributed by atoms with Crippen LogP contribution in [0.5, 0.6) is 0 Å². The van der Waals surface area contributed by atoms with Crippen LogP contribution in [0.3, 0.4) is 0 Å². The van der Waals surface area contributed by atoms with E-state index in [1.54, 1.807) is 18.5 Å². The van der Waals surface area contributed by atoms with Crippen LogP contribution in [0.2, 0.25) is 5.15 Å². The summed E-state index contributed by atoms with van der Waals surface area (Å²) in [7, 11) is 1.98. The van der Waals surface area contributed by atoms with Crippen molar-refractivity contribution >= 4 is 17.4 Å². The van der Waals surface area contributed by atoms with Crippen LogP contribution in [0.15, 0.2) is 30.6 Å². The van der Waals surface area contributed by atoms with E-state index in [1.807, 2.05) is 31.0 Å². The first-order valence-corrected chi connectivity index (χ1v) is 6.20. The van der Waals surface area contributed by atoms with Gasteiger partial charge in [-0.2, -0.15) is 0 Å². The van der Waals surface area contributed by atoms with Gasteiger partial charge in [0.15, 0.2) is 0 Å². The van der Waals surface area contributed by atoms with E-state index in [1.165, 1.54) is 5.56 Å². The number of nitrogens with zero attached hydrogens (tertiary/aromatic N) is 4. The number of halogens is 1. The molecule has 0 unspecified atom stereocenters. The van der Waals surface area contributed by atoms with Crippen molar-refractivity contribution in [3.63, 3.8) is 0 Å². The molecule has 0 radical (unpaired) electrons. The molecule has 94 valence electrons. The lowest BCUT2D eigenvalue weighted by Crippen LogP contribution is -2.18. The Kier molecular flexibility index (Phi) is 4.10. The number of pyridine rings is 1. The summed E-state index contributed by atoms with van der Waals surface area (Å²) in [6.07, 6.45) is 4.35. The Morgan fingerprint density at radius 3 is 2.61 bits per heavy atom. The zero-order chi connectivity index (χ0) is 13.0. The van der Waals surface area contributed by atoms with Gasteiger partial charge in [0.05, 0.1) is 0 Å². The summed E-state index contributed by atoms with van der Waals surface area (Å²) >= 11 is 5.99. The van der Waals surface area contributed by atoms with Crippen LogP contribution in [-0.2, 0) is 13.0 Å². The Labute approximate surface area is 112 Å². The molecular formula is C13H15ClN4. The monoisotopic (exact) mass is 262 g/mol. The highest BCUT2D eigenvalue weighted by Crippen LogP contribution is 2.17. The van der Waals surface area contributed by atoms with Crippen molar-refractivity contribution < 1.29 is 0 Å². The van der Waals surface area contributed by atoms with Gasteiger partial charge in [-0.25, -0.2) is 9.97 Å². The Balaban J connectivity index is 2.18. The highest BCUT2D eigenvalue weighted by molar-refractivity contribution is 6.29. The summed E-state index contributed by atoms with van der Waals surface area (Å²) in [5.74, 6) is 1.60. The lowest BCUT2D eigenvalue weighted by Gasteiger charge is -2.18. The number of hydrogen-bond donors (Lipinski definition) is 0. The van der Waals surface area contributed by atoms with Gasteiger partial charge in [0.2, 0.25) is 0 Å². The van der Waals surface area contributed by atoms with Crippen molar-refractivity contribution in [2.45, 2.75) is 19.9 Å². The van der Waals surface area contributed by atoms with Crippen LogP contribution >= 0.6 is 11.6 Å². The minimum Gasteiger partial charge on any atom is -0.355 e. The molecule has 0 atom stereocenters. The van der Waals surface area contributed by atoms with Gasteiger partial charge < -0.3 is 4.90 Å². The van der Waals surface area contributed by atoms with Crippen LogP contribution in [0.1, 0.15) is 18.3 Å². The number of rotatable bonds is 4. The smallest absolute Gasteiger partial charge is 0.134 e. The summed E-state index contributed by atoms with van der Waals surface area (Å²) in [6, 6.07) is 5.75. The normalized spacial score (nSPS) is 10.4. The fourth-order valence-electron chi connectivity index (χ4n) is 1.65. The fraction of sp³-hybridized carbons (Fsp3) is 0.308. The standard InChI is InChI=1S/C13H15ClN4/c1-3-12-16-11(14)8-13(17-12)18(2)9-10-4-6-15-7-5-10/h4-8H,3,9H2,1-2H3. The molecule has 0 fully saturated rings. The van der Waals surface area contributed by atoms with Crippen molar-refractivity contribution in [3.8, 4) is 0 Å². The predicted molar refractivity (Wildman–Crippen MR) is 72.8 cm³/mol. The van der Waals surface area contributed by atoms with E-state index in [0.717, 1.165) is 24.6 Å². The van der Waals surface area contributed by atoms with Gasteiger partial charge in [-0.15, -0.1) is 0 Å². The second-order valence-electron chi connectivity index (χ2n) is 4.03. The van der Waals surface area contributed by atoms with Gasteiger partial charge >= 0.3 is 0 Å². The highest BCUT2D eigenvalue weighted by atomic mass is 35.5. The van der Waals surface area contributed by atoms with E-state index in [-0.39, 0.29) is 0 Å². The van der Waals surface area contributed by atoms with E-state index in [9.17, 15) is 0 Å². The molecule has 0 amide bonds. The van der Waals surface area contributed by atoms with Crippen molar-refractivity contribution in [2.24, 2.45) is 0 Å². The van der Waals surface area contributed by atoms with Crippen molar-refractivity contribution in [1.82, 2.24) is 15.0 Å². The molecule has 0 aliphatic rings. The van der Waals surface area contributed by atoms with E-state index >= 15 is 0 Å². The highest BCUT2D eigenvalue weighted by Gasteiger charge is 2.07. The maximum absolute atomic E-state index is 5.99. The average molecular weight is 263 g/mol. The third kappa shape index (κ3) is 3.17.